The molecule has 2 aromatic heterocycles. The number of nitrogens with zero attached hydrogens (tertiary/aromatic N) is 2. The van der Waals surface area contributed by atoms with Crippen LogP contribution in [-0.4, -0.2) is 75.5 Å². The molecule has 1 fully saturated rings. The molecule has 1 aliphatic heterocycles. The molecule has 6 rings (SSSR count). The first kappa shape index (κ1) is 36.8. The molecule has 2 amide bonds. The van der Waals surface area contributed by atoms with Gasteiger partial charge in [-0.1, -0.05) is 6.07 Å². The van der Waals surface area contributed by atoms with Gasteiger partial charge in [0.25, 0.3) is 11.8 Å². The molecule has 16 heteroatoms. The van der Waals surface area contributed by atoms with Crippen molar-refractivity contribution in [3.8, 4) is 22.8 Å². The Hall–Kier alpha value is -4.96. The first-order valence-corrected chi connectivity index (χ1v) is 16.2. The summed E-state index contributed by atoms with van der Waals surface area (Å²) < 4.78 is 99.6. The van der Waals surface area contributed by atoms with Crippen molar-refractivity contribution in [2.75, 3.05) is 19.7 Å². The van der Waals surface area contributed by atoms with Gasteiger partial charge in [-0.3, -0.25) is 14.6 Å². The van der Waals surface area contributed by atoms with Gasteiger partial charge < -0.3 is 30.3 Å². The Morgan fingerprint density at radius 3 is 2.33 bits per heavy atom. The molecule has 52 heavy (non-hydrogen) atoms. The van der Waals surface area contributed by atoms with Crippen molar-refractivity contribution >= 4 is 22.7 Å². The maximum atomic E-state index is 15.0. The molecule has 2 atom stereocenters. The highest BCUT2D eigenvalue weighted by Crippen LogP contribution is 2.48. The van der Waals surface area contributed by atoms with Crippen molar-refractivity contribution in [3.63, 3.8) is 0 Å². The Labute approximate surface area is 293 Å². The summed E-state index contributed by atoms with van der Waals surface area (Å²) in [4.78, 5) is 35.3. The number of aliphatic hydroxyl groups is 2. The van der Waals surface area contributed by atoms with E-state index in [-0.39, 0.29) is 40.0 Å². The predicted octanol–water partition coefficient (Wildman–Crippen LogP) is 5.33. The standard InChI is InChI=1S/C36H34F6N4O6/c1-32(2,49)35(38,39)17-45-31(48)33(3)18-51-29-24(33)15-26(46-28(29)19-6-8-22(37)9-7-19)34(50,36(40,41)42)16-44-30(47)21-13-20-5-4-12-43-27(20)25(14-21)52-23-10-11-23/h4-9,12-15,23,49-50H,10-11,16-18H2,1-3H3,(H,44,47)(H,45,48)/t33-,34-/m0/s1. The summed E-state index contributed by atoms with van der Waals surface area (Å²) in [7, 11) is 0. The van der Waals surface area contributed by atoms with Crippen LogP contribution in [-0.2, 0) is 15.8 Å². The number of pyridine rings is 2. The van der Waals surface area contributed by atoms with Gasteiger partial charge in [0.1, 0.15) is 46.1 Å². The van der Waals surface area contributed by atoms with Crippen molar-refractivity contribution in [1.29, 1.82) is 0 Å². The summed E-state index contributed by atoms with van der Waals surface area (Å²) >= 11 is 0. The molecular weight excluding hydrogens is 698 g/mol. The van der Waals surface area contributed by atoms with Gasteiger partial charge in [-0.2, -0.15) is 13.2 Å². The third-order valence-electron chi connectivity index (χ3n) is 9.21. The number of halogens is 6. The third kappa shape index (κ3) is 6.84. The van der Waals surface area contributed by atoms with Gasteiger partial charge in [-0.25, -0.2) is 18.2 Å². The Morgan fingerprint density at radius 2 is 1.69 bits per heavy atom. The quantitative estimate of drug-likeness (QED) is 0.152. The van der Waals surface area contributed by atoms with Gasteiger partial charge in [-0.15, -0.1) is 0 Å². The van der Waals surface area contributed by atoms with Gasteiger partial charge in [0.2, 0.25) is 11.5 Å². The second-order valence-corrected chi connectivity index (χ2v) is 13.7. The van der Waals surface area contributed by atoms with Crippen LogP contribution in [0.5, 0.6) is 11.5 Å². The number of benzene rings is 2. The summed E-state index contributed by atoms with van der Waals surface area (Å²) in [6.07, 6.45) is -2.47. The largest absolute Gasteiger partial charge is 0.489 e. The van der Waals surface area contributed by atoms with Crippen LogP contribution in [0, 0.1) is 5.82 Å². The summed E-state index contributed by atoms with van der Waals surface area (Å²) in [5, 5.41) is 26.0. The SMILES string of the molecule is CC(C)(O)C(F)(F)CNC(=O)[C@@]1(C)COc2c1cc([C@@](O)(CNC(=O)c1cc(OC3CC3)c3ncccc3c1)C(F)(F)F)nc2-c1ccc(F)cc1. The topological polar surface area (TPSA) is 143 Å². The van der Waals surface area contributed by atoms with Crippen LogP contribution >= 0.6 is 0 Å². The van der Waals surface area contributed by atoms with Crippen LogP contribution in [0.4, 0.5) is 26.3 Å². The molecule has 10 nitrogen and oxygen atoms in total. The zero-order valence-electron chi connectivity index (χ0n) is 28.1. The van der Waals surface area contributed by atoms with E-state index < -0.39 is 71.7 Å². The van der Waals surface area contributed by atoms with E-state index in [0.717, 1.165) is 44.9 Å². The molecule has 276 valence electrons. The van der Waals surface area contributed by atoms with Crippen LogP contribution in [0.15, 0.2) is 60.8 Å². The number of alkyl halides is 5. The Kier molecular flexibility index (Phi) is 9.14. The second kappa shape index (κ2) is 12.9. The molecule has 0 bridgehead atoms. The summed E-state index contributed by atoms with van der Waals surface area (Å²) in [6.45, 7) is -0.383. The van der Waals surface area contributed by atoms with Gasteiger partial charge in [0.15, 0.2) is 0 Å². The minimum absolute atomic E-state index is 0.0410. The highest BCUT2D eigenvalue weighted by molar-refractivity contribution is 6.00. The normalized spacial score (nSPS) is 18.7. The average molecular weight is 733 g/mol. The fraction of sp³-hybridized carbons (Fsp3) is 0.389. The lowest BCUT2D eigenvalue weighted by molar-refractivity contribution is -0.265. The van der Waals surface area contributed by atoms with Crippen LogP contribution in [0.3, 0.4) is 0 Å². The molecular formula is C36H34F6N4O6. The number of ether oxygens (including phenoxy) is 2. The minimum atomic E-state index is -5.48. The molecule has 0 spiro atoms. The van der Waals surface area contributed by atoms with E-state index in [1.54, 1.807) is 12.1 Å². The third-order valence-corrected chi connectivity index (χ3v) is 9.21. The fourth-order valence-electron chi connectivity index (χ4n) is 5.58. The fourth-order valence-corrected chi connectivity index (χ4v) is 5.58. The van der Waals surface area contributed by atoms with E-state index >= 15 is 0 Å². The number of amides is 2. The van der Waals surface area contributed by atoms with Crippen LogP contribution in [0.1, 0.15) is 55.2 Å². The summed E-state index contributed by atoms with van der Waals surface area (Å²) in [5.74, 6) is -6.50. The lowest BCUT2D eigenvalue weighted by Gasteiger charge is -2.32. The van der Waals surface area contributed by atoms with E-state index in [1.807, 2.05) is 5.32 Å². The van der Waals surface area contributed by atoms with Gasteiger partial charge in [0.05, 0.1) is 24.9 Å². The van der Waals surface area contributed by atoms with Gasteiger partial charge >= 0.3 is 6.18 Å². The van der Waals surface area contributed by atoms with E-state index in [2.05, 4.69) is 15.3 Å². The van der Waals surface area contributed by atoms with Gasteiger partial charge in [0, 0.05) is 28.3 Å². The molecule has 2 aliphatic rings. The maximum Gasteiger partial charge on any atom is 0.424 e. The monoisotopic (exact) mass is 732 g/mol. The number of hydrogen-bond donors (Lipinski definition) is 4. The Morgan fingerprint density at radius 1 is 1.00 bits per heavy atom. The predicted molar refractivity (Wildman–Crippen MR) is 174 cm³/mol. The summed E-state index contributed by atoms with van der Waals surface area (Å²) in [6, 6.07) is 11.2. The Balaban J connectivity index is 1.39. The molecule has 0 saturated heterocycles. The number of hydrogen-bond acceptors (Lipinski definition) is 8. The molecule has 3 heterocycles. The Bertz CT molecular complexity index is 2030. The number of rotatable bonds is 11. The van der Waals surface area contributed by atoms with Crippen molar-refractivity contribution in [1.82, 2.24) is 20.6 Å². The molecule has 1 saturated carbocycles. The first-order valence-electron chi connectivity index (χ1n) is 16.2. The molecule has 4 N–H and O–H groups in total. The van der Waals surface area contributed by atoms with E-state index in [1.165, 1.54) is 37.4 Å². The number of aromatic nitrogens is 2. The van der Waals surface area contributed by atoms with Crippen molar-refractivity contribution < 1.29 is 55.6 Å². The molecule has 1 aliphatic carbocycles. The van der Waals surface area contributed by atoms with Crippen LogP contribution in [0.2, 0.25) is 0 Å². The first-order chi connectivity index (χ1) is 24.2. The molecule has 4 aromatic rings. The summed E-state index contributed by atoms with van der Waals surface area (Å²) in [5.41, 5.74) is -9.54. The maximum absolute atomic E-state index is 15.0. The molecule has 0 radical (unpaired) electrons. The van der Waals surface area contributed by atoms with E-state index in [0.29, 0.717) is 10.9 Å². The van der Waals surface area contributed by atoms with Crippen molar-refractivity contribution in [3.05, 3.63) is 83.4 Å². The molecule has 2 aromatic carbocycles. The number of fused-ring (bicyclic) bond motifs is 2. The van der Waals surface area contributed by atoms with Crippen LogP contribution < -0.4 is 20.1 Å². The minimum Gasteiger partial charge on any atom is -0.489 e. The lowest BCUT2D eigenvalue weighted by Crippen LogP contribution is -2.54. The number of carbonyl (C=O) groups excluding carboxylic acids is 2. The zero-order valence-corrected chi connectivity index (χ0v) is 28.1. The average Bonchev–Trinajstić information content (AvgIpc) is 3.84. The van der Waals surface area contributed by atoms with E-state index in [9.17, 15) is 46.1 Å². The van der Waals surface area contributed by atoms with E-state index in [4.69, 9.17) is 9.47 Å². The molecule has 0 unspecified atom stereocenters. The zero-order chi connectivity index (χ0) is 37.9. The van der Waals surface area contributed by atoms with Gasteiger partial charge in [-0.05, 0) is 82.1 Å². The number of nitrogens with one attached hydrogen (secondary N) is 2. The van der Waals surface area contributed by atoms with Crippen molar-refractivity contribution in [2.45, 2.75) is 68.4 Å². The van der Waals surface area contributed by atoms with Crippen LogP contribution in [0.25, 0.3) is 22.2 Å². The lowest BCUT2D eigenvalue weighted by atomic mass is 9.81. The van der Waals surface area contributed by atoms with Crippen molar-refractivity contribution in [2.24, 2.45) is 0 Å². The smallest absolute Gasteiger partial charge is 0.424 e. The second-order valence-electron chi connectivity index (χ2n) is 13.7. The highest BCUT2D eigenvalue weighted by Gasteiger charge is 2.58. The highest BCUT2D eigenvalue weighted by atomic mass is 19.4. The number of carbonyl (C=O) groups is 2.